The number of hydrogen-bond donors (Lipinski definition) is 2. The summed E-state index contributed by atoms with van der Waals surface area (Å²) in [7, 11) is 0. The van der Waals surface area contributed by atoms with Gasteiger partial charge in [-0.3, -0.25) is 4.79 Å². The molecule has 104 valence electrons. The van der Waals surface area contributed by atoms with Gasteiger partial charge in [0.05, 0.1) is 5.69 Å². The summed E-state index contributed by atoms with van der Waals surface area (Å²) in [6.07, 6.45) is 5.17. The fourth-order valence-electron chi connectivity index (χ4n) is 2.20. The summed E-state index contributed by atoms with van der Waals surface area (Å²) in [6.45, 7) is 3.78. The van der Waals surface area contributed by atoms with Gasteiger partial charge in [0.15, 0.2) is 5.82 Å². The van der Waals surface area contributed by atoms with Crippen LogP contribution in [0.1, 0.15) is 6.92 Å². The zero-order valence-corrected chi connectivity index (χ0v) is 11.3. The van der Waals surface area contributed by atoms with Crippen molar-refractivity contribution in [2.24, 2.45) is 11.8 Å². The molecule has 6 heteroatoms. The average Bonchev–Trinajstić information content (AvgIpc) is 2.91. The molecule has 0 spiro atoms. The molecule has 20 heavy (non-hydrogen) atoms. The molecule has 2 aromatic rings. The summed E-state index contributed by atoms with van der Waals surface area (Å²) in [6, 6.07) is 5.47. The first-order chi connectivity index (χ1) is 9.75. The second-order valence-corrected chi connectivity index (χ2v) is 5.02. The molecule has 0 radical (unpaired) electrons. The van der Waals surface area contributed by atoms with Crippen molar-refractivity contribution in [1.29, 1.82) is 0 Å². The zero-order chi connectivity index (χ0) is 13.9. The van der Waals surface area contributed by atoms with Gasteiger partial charge in [-0.15, -0.1) is 0 Å². The Hall–Kier alpha value is -2.21. The molecule has 3 heterocycles. The molecule has 0 bridgehead atoms. The largest absolute Gasteiger partial charge is 0.323 e. The molecule has 1 fully saturated rings. The highest BCUT2D eigenvalue weighted by atomic mass is 16.1. The van der Waals surface area contributed by atoms with Gasteiger partial charge in [0, 0.05) is 24.5 Å². The molecule has 3 rings (SSSR count). The summed E-state index contributed by atoms with van der Waals surface area (Å²) in [5.74, 6) is 1.06. The number of carbonyl (C=O) groups excluding carboxylic acids is 1. The van der Waals surface area contributed by atoms with E-state index < -0.39 is 0 Å². The number of nitrogens with one attached hydrogen (secondary N) is 2. The predicted molar refractivity (Wildman–Crippen MR) is 75.5 cm³/mol. The molecular formula is C14H17N5O. The minimum Gasteiger partial charge on any atom is -0.323 e. The normalized spacial score (nSPS) is 16.4. The van der Waals surface area contributed by atoms with Gasteiger partial charge in [-0.1, -0.05) is 6.92 Å². The van der Waals surface area contributed by atoms with E-state index >= 15 is 0 Å². The standard InChI is InChI=1S/C14H17N5O/c1-10(11-8-15-9-11)14(20)18-12-4-2-5-16-13(12)19-7-3-6-17-19/h2-7,10-11,15H,8-9H2,1H3,(H,18,20). The summed E-state index contributed by atoms with van der Waals surface area (Å²) in [4.78, 5) is 16.6. The third-order valence-corrected chi connectivity index (χ3v) is 3.70. The highest BCUT2D eigenvalue weighted by Gasteiger charge is 2.29. The van der Waals surface area contributed by atoms with Gasteiger partial charge in [-0.2, -0.15) is 5.10 Å². The second kappa shape index (κ2) is 5.42. The highest BCUT2D eigenvalue weighted by molar-refractivity contribution is 5.94. The van der Waals surface area contributed by atoms with Crippen molar-refractivity contribution in [3.63, 3.8) is 0 Å². The van der Waals surface area contributed by atoms with E-state index in [0.717, 1.165) is 13.1 Å². The van der Waals surface area contributed by atoms with Gasteiger partial charge < -0.3 is 10.6 Å². The molecule has 6 nitrogen and oxygen atoms in total. The van der Waals surface area contributed by atoms with Crippen LogP contribution in [-0.2, 0) is 4.79 Å². The van der Waals surface area contributed by atoms with Crippen molar-refractivity contribution >= 4 is 11.6 Å². The molecule has 1 amide bonds. The number of pyridine rings is 1. The van der Waals surface area contributed by atoms with Crippen LogP contribution in [0, 0.1) is 11.8 Å². The third-order valence-electron chi connectivity index (χ3n) is 3.70. The molecule has 0 aliphatic carbocycles. The number of anilines is 1. The van der Waals surface area contributed by atoms with E-state index in [1.54, 1.807) is 29.3 Å². The maximum Gasteiger partial charge on any atom is 0.227 e. The Bertz CT molecular complexity index is 591. The smallest absolute Gasteiger partial charge is 0.227 e. The highest BCUT2D eigenvalue weighted by Crippen LogP contribution is 2.21. The van der Waals surface area contributed by atoms with Crippen molar-refractivity contribution in [2.75, 3.05) is 18.4 Å². The van der Waals surface area contributed by atoms with Gasteiger partial charge in [0.25, 0.3) is 0 Å². The number of nitrogens with zero attached hydrogens (tertiary/aromatic N) is 3. The van der Waals surface area contributed by atoms with E-state index in [1.165, 1.54) is 0 Å². The summed E-state index contributed by atoms with van der Waals surface area (Å²) < 4.78 is 1.64. The van der Waals surface area contributed by atoms with Crippen LogP contribution in [0.15, 0.2) is 36.8 Å². The average molecular weight is 271 g/mol. The number of amides is 1. The maximum atomic E-state index is 12.3. The topological polar surface area (TPSA) is 71.8 Å². The zero-order valence-electron chi connectivity index (χ0n) is 11.3. The molecule has 1 aliphatic heterocycles. The molecular weight excluding hydrogens is 254 g/mol. The second-order valence-electron chi connectivity index (χ2n) is 5.02. The minimum absolute atomic E-state index is 0.0121. The number of rotatable bonds is 4. The number of hydrogen-bond acceptors (Lipinski definition) is 4. The molecule has 2 aromatic heterocycles. The van der Waals surface area contributed by atoms with Crippen LogP contribution >= 0.6 is 0 Å². The van der Waals surface area contributed by atoms with Crippen molar-refractivity contribution in [3.05, 3.63) is 36.8 Å². The summed E-state index contributed by atoms with van der Waals surface area (Å²) >= 11 is 0. The van der Waals surface area contributed by atoms with E-state index in [-0.39, 0.29) is 11.8 Å². The SMILES string of the molecule is CC(C(=O)Nc1cccnc1-n1cccn1)C1CNC1. The van der Waals surface area contributed by atoms with Crippen LogP contribution in [0.5, 0.6) is 0 Å². The van der Waals surface area contributed by atoms with Gasteiger partial charge >= 0.3 is 0 Å². The lowest BCUT2D eigenvalue weighted by Crippen LogP contribution is -2.48. The Morgan fingerprint density at radius 2 is 2.30 bits per heavy atom. The number of carbonyl (C=O) groups is 1. The number of aromatic nitrogens is 3. The summed E-state index contributed by atoms with van der Waals surface area (Å²) in [5.41, 5.74) is 0.681. The van der Waals surface area contributed by atoms with E-state index in [1.807, 2.05) is 19.1 Å². The Balaban J connectivity index is 1.79. The first kappa shape index (κ1) is 12.8. The monoisotopic (exact) mass is 271 g/mol. The molecule has 0 saturated carbocycles. The minimum atomic E-state index is -0.0121. The van der Waals surface area contributed by atoms with Crippen molar-refractivity contribution in [2.45, 2.75) is 6.92 Å². The van der Waals surface area contributed by atoms with Gasteiger partial charge in [0.2, 0.25) is 5.91 Å². The Morgan fingerprint density at radius 1 is 1.45 bits per heavy atom. The van der Waals surface area contributed by atoms with Crippen LogP contribution in [0.4, 0.5) is 5.69 Å². The fraction of sp³-hybridized carbons (Fsp3) is 0.357. The van der Waals surface area contributed by atoms with E-state index in [4.69, 9.17) is 0 Å². The summed E-state index contributed by atoms with van der Waals surface area (Å²) in [5, 5.41) is 10.3. The maximum absolute atomic E-state index is 12.3. The van der Waals surface area contributed by atoms with Crippen LogP contribution in [0.3, 0.4) is 0 Å². The van der Waals surface area contributed by atoms with Gasteiger partial charge in [-0.25, -0.2) is 9.67 Å². The van der Waals surface area contributed by atoms with Crippen molar-refractivity contribution < 1.29 is 4.79 Å². The lowest BCUT2D eigenvalue weighted by Gasteiger charge is -2.31. The Morgan fingerprint density at radius 3 is 2.95 bits per heavy atom. The van der Waals surface area contributed by atoms with Crippen LogP contribution < -0.4 is 10.6 Å². The van der Waals surface area contributed by atoms with Gasteiger partial charge in [-0.05, 0) is 37.2 Å². The molecule has 1 aliphatic rings. The molecule has 0 aromatic carbocycles. The molecule has 2 N–H and O–H groups in total. The first-order valence-electron chi connectivity index (χ1n) is 6.72. The van der Waals surface area contributed by atoms with Crippen LogP contribution in [0.25, 0.3) is 5.82 Å². The predicted octanol–water partition coefficient (Wildman–Crippen LogP) is 1.06. The van der Waals surface area contributed by atoms with Crippen molar-refractivity contribution in [1.82, 2.24) is 20.1 Å². The lowest BCUT2D eigenvalue weighted by molar-refractivity contribution is -0.121. The van der Waals surface area contributed by atoms with E-state index in [9.17, 15) is 4.79 Å². The third kappa shape index (κ3) is 2.42. The van der Waals surface area contributed by atoms with Crippen LogP contribution in [0.2, 0.25) is 0 Å². The molecule has 1 saturated heterocycles. The Labute approximate surface area is 117 Å². The lowest BCUT2D eigenvalue weighted by atomic mass is 9.88. The molecule has 1 unspecified atom stereocenters. The van der Waals surface area contributed by atoms with E-state index in [2.05, 4.69) is 20.7 Å². The van der Waals surface area contributed by atoms with Gasteiger partial charge in [0.1, 0.15) is 0 Å². The molecule has 1 atom stereocenters. The fourth-order valence-corrected chi connectivity index (χ4v) is 2.20. The Kier molecular flexibility index (Phi) is 3.47. The van der Waals surface area contributed by atoms with E-state index in [0.29, 0.717) is 17.4 Å². The van der Waals surface area contributed by atoms with Crippen molar-refractivity contribution in [3.8, 4) is 5.82 Å². The first-order valence-corrected chi connectivity index (χ1v) is 6.72. The van der Waals surface area contributed by atoms with Crippen LogP contribution in [-0.4, -0.2) is 33.8 Å². The quantitative estimate of drug-likeness (QED) is 0.872.